The molecular weight excluding hydrogens is 387 g/mol. The van der Waals surface area contributed by atoms with Crippen LogP contribution in [0.4, 0.5) is 0 Å². The zero-order valence-electron chi connectivity index (χ0n) is 20.6. The average Bonchev–Trinajstić information content (AvgIpc) is 2.67. The van der Waals surface area contributed by atoms with Gasteiger partial charge in [-0.2, -0.15) is 0 Å². The van der Waals surface area contributed by atoms with Crippen LogP contribution in [0.5, 0.6) is 0 Å². The van der Waals surface area contributed by atoms with E-state index in [0.717, 1.165) is 12.8 Å². The van der Waals surface area contributed by atoms with E-state index in [2.05, 4.69) is 6.92 Å². The van der Waals surface area contributed by atoms with E-state index in [1.807, 2.05) is 0 Å². The van der Waals surface area contributed by atoms with Gasteiger partial charge >= 0.3 is 18.9 Å². The fourth-order valence-corrected chi connectivity index (χ4v) is 4.62. The Bertz CT molecular complexity index is 413. The third kappa shape index (κ3) is 30.7. The molecule has 0 unspecified atom stereocenters. The van der Waals surface area contributed by atoms with E-state index in [-0.39, 0.29) is 24.6 Å². The molecule has 0 atom stereocenters. The molecule has 0 bridgehead atoms. The molecule has 0 N–H and O–H groups in total. The van der Waals surface area contributed by atoms with Gasteiger partial charge in [-0.05, 0) is 6.42 Å². The van der Waals surface area contributed by atoms with Crippen molar-refractivity contribution in [2.45, 2.75) is 155 Å². The Hall–Kier alpha value is 0.507. The largest absolute Gasteiger partial charge is 1.00 e. The van der Waals surface area contributed by atoms with Gasteiger partial charge in [0.2, 0.25) is 0 Å². The molecule has 176 valence electrons. The second kappa shape index (κ2) is 25.8. The van der Waals surface area contributed by atoms with Crippen molar-refractivity contribution in [3.8, 4) is 0 Å². The first-order chi connectivity index (χ1) is 14.1. The van der Waals surface area contributed by atoms with Gasteiger partial charge in [0.25, 0.3) is 0 Å². The van der Waals surface area contributed by atoms with Gasteiger partial charge in [-0.25, -0.2) is 8.42 Å². The van der Waals surface area contributed by atoms with Crippen LogP contribution in [-0.2, 0) is 10.1 Å². The van der Waals surface area contributed by atoms with Gasteiger partial charge < -0.3 is 4.55 Å². The Morgan fingerprint density at radius 3 is 0.833 bits per heavy atom. The van der Waals surface area contributed by atoms with E-state index in [1.54, 1.807) is 0 Å². The molecule has 0 aromatic heterocycles. The quantitative estimate of drug-likeness (QED) is 0.113. The van der Waals surface area contributed by atoms with Gasteiger partial charge in [-0.15, -0.1) is 0 Å². The number of hydrogen-bond acceptors (Lipinski definition) is 3. The molecule has 0 aromatic carbocycles. The Morgan fingerprint density at radius 2 is 0.633 bits per heavy atom. The standard InChI is InChI=1S/C25H52O3S.Li/c1-2-3-4-5-6-7-8-9-10-11-12-13-14-15-16-17-18-19-20-21-22-23-24-25-29(26,27)28;/h2-25H2,1H3,(H,26,27,28);/q;+1/p-1. The fourth-order valence-electron chi connectivity index (χ4n) is 4.06. The van der Waals surface area contributed by atoms with Crippen LogP contribution in [0.15, 0.2) is 0 Å². The molecule has 0 amide bonds. The van der Waals surface area contributed by atoms with E-state index >= 15 is 0 Å². The topological polar surface area (TPSA) is 57.2 Å². The van der Waals surface area contributed by atoms with Crippen LogP contribution in [0.2, 0.25) is 0 Å². The number of rotatable bonds is 24. The molecule has 0 aliphatic carbocycles. The summed E-state index contributed by atoms with van der Waals surface area (Å²) in [4.78, 5) is 0. The van der Waals surface area contributed by atoms with Crippen LogP contribution in [0.25, 0.3) is 0 Å². The minimum atomic E-state index is -4.00. The van der Waals surface area contributed by atoms with Crippen molar-refractivity contribution in [2.75, 3.05) is 5.75 Å². The minimum absolute atomic E-state index is 0. The Labute approximate surface area is 201 Å². The third-order valence-corrected chi connectivity index (χ3v) is 6.79. The molecule has 0 saturated heterocycles. The number of hydrogen-bond donors (Lipinski definition) is 0. The second-order valence-corrected chi connectivity index (χ2v) is 10.6. The van der Waals surface area contributed by atoms with E-state index in [1.165, 1.54) is 128 Å². The van der Waals surface area contributed by atoms with Crippen molar-refractivity contribution in [3.63, 3.8) is 0 Å². The van der Waals surface area contributed by atoms with Crippen molar-refractivity contribution in [3.05, 3.63) is 0 Å². The molecule has 0 heterocycles. The molecule has 30 heavy (non-hydrogen) atoms. The van der Waals surface area contributed by atoms with Crippen molar-refractivity contribution in [1.29, 1.82) is 0 Å². The van der Waals surface area contributed by atoms with E-state index in [0.29, 0.717) is 6.42 Å². The van der Waals surface area contributed by atoms with Crippen molar-refractivity contribution in [1.82, 2.24) is 0 Å². The first-order valence-electron chi connectivity index (χ1n) is 13.0. The van der Waals surface area contributed by atoms with Crippen molar-refractivity contribution >= 4 is 10.1 Å². The molecule has 5 heteroatoms. The third-order valence-electron chi connectivity index (χ3n) is 6.00. The molecule has 0 fully saturated rings. The normalized spacial score (nSPS) is 11.5. The molecule has 0 radical (unpaired) electrons. The van der Waals surface area contributed by atoms with Crippen LogP contribution in [0.1, 0.15) is 155 Å². The molecule has 0 saturated carbocycles. The van der Waals surface area contributed by atoms with Gasteiger partial charge in [0.05, 0.1) is 10.1 Å². The molecule has 0 aliphatic heterocycles. The second-order valence-electron chi connectivity index (χ2n) is 9.04. The summed E-state index contributed by atoms with van der Waals surface area (Å²) in [5.74, 6) is -0.188. The fraction of sp³-hybridized carbons (Fsp3) is 1.00. The van der Waals surface area contributed by atoms with E-state index in [4.69, 9.17) is 0 Å². The van der Waals surface area contributed by atoms with Gasteiger partial charge in [-0.3, -0.25) is 0 Å². The molecule has 0 rings (SSSR count). The molecular formula is C25H51LiO3S. The molecule has 3 nitrogen and oxygen atoms in total. The molecule has 0 aliphatic rings. The first-order valence-corrected chi connectivity index (χ1v) is 14.6. The SMILES string of the molecule is CCCCCCCCCCCCCCCCCCCCCCCCCS(=O)(=O)[O-].[Li+]. The number of unbranched alkanes of at least 4 members (excludes halogenated alkanes) is 22. The summed E-state index contributed by atoms with van der Waals surface area (Å²) in [6, 6.07) is 0. The first kappa shape index (κ1) is 32.7. The predicted octanol–water partition coefficient (Wildman–Crippen LogP) is 5.53. The smallest absolute Gasteiger partial charge is 0.748 e. The van der Waals surface area contributed by atoms with Crippen LogP contribution in [0, 0.1) is 0 Å². The summed E-state index contributed by atoms with van der Waals surface area (Å²) in [7, 11) is -4.00. The Kier molecular flexibility index (Phi) is 28.1. The summed E-state index contributed by atoms with van der Waals surface area (Å²) in [6.45, 7) is 2.28. The van der Waals surface area contributed by atoms with Gasteiger partial charge in [0.1, 0.15) is 0 Å². The summed E-state index contributed by atoms with van der Waals surface area (Å²) in [6.07, 6.45) is 30.3. The van der Waals surface area contributed by atoms with E-state index in [9.17, 15) is 13.0 Å². The zero-order valence-corrected chi connectivity index (χ0v) is 21.4. The van der Waals surface area contributed by atoms with E-state index < -0.39 is 10.1 Å². The maximum Gasteiger partial charge on any atom is 1.00 e. The van der Waals surface area contributed by atoms with Gasteiger partial charge in [-0.1, -0.05) is 148 Å². The van der Waals surface area contributed by atoms with Gasteiger partial charge in [0.15, 0.2) is 0 Å². The Morgan fingerprint density at radius 1 is 0.433 bits per heavy atom. The molecule has 0 aromatic rings. The summed E-state index contributed by atoms with van der Waals surface area (Å²) in [5, 5.41) is 0. The summed E-state index contributed by atoms with van der Waals surface area (Å²) in [5.41, 5.74) is 0. The minimum Gasteiger partial charge on any atom is -0.748 e. The zero-order chi connectivity index (χ0) is 21.5. The molecule has 0 spiro atoms. The maximum atomic E-state index is 10.5. The Balaban J connectivity index is 0. The van der Waals surface area contributed by atoms with Crippen LogP contribution < -0.4 is 18.9 Å². The summed E-state index contributed by atoms with van der Waals surface area (Å²) >= 11 is 0. The van der Waals surface area contributed by atoms with Crippen molar-refractivity contribution < 1.29 is 31.8 Å². The van der Waals surface area contributed by atoms with Crippen molar-refractivity contribution in [2.24, 2.45) is 0 Å². The van der Waals surface area contributed by atoms with Crippen LogP contribution in [-0.4, -0.2) is 18.7 Å². The average molecular weight is 439 g/mol. The maximum absolute atomic E-state index is 10.5. The monoisotopic (exact) mass is 438 g/mol. The van der Waals surface area contributed by atoms with Gasteiger partial charge in [0, 0.05) is 5.75 Å². The van der Waals surface area contributed by atoms with Crippen LogP contribution in [0.3, 0.4) is 0 Å². The predicted molar refractivity (Wildman–Crippen MR) is 126 cm³/mol. The summed E-state index contributed by atoms with van der Waals surface area (Å²) < 4.78 is 31.5. The van der Waals surface area contributed by atoms with Crippen LogP contribution >= 0.6 is 0 Å².